The first-order valence-corrected chi connectivity index (χ1v) is 13.0. The maximum absolute atomic E-state index is 13.6. The van der Waals surface area contributed by atoms with Crippen LogP contribution < -0.4 is 15.1 Å². The Labute approximate surface area is 207 Å². The summed E-state index contributed by atoms with van der Waals surface area (Å²) in [6.45, 7) is 4.33. The van der Waals surface area contributed by atoms with Crippen LogP contribution in [0, 0.1) is 0 Å². The molecule has 0 aliphatic carbocycles. The Hall–Kier alpha value is -3.35. The summed E-state index contributed by atoms with van der Waals surface area (Å²) < 4.78 is 0. The number of benzene rings is 2. The van der Waals surface area contributed by atoms with Crippen LogP contribution in [-0.2, 0) is 16.0 Å². The highest BCUT2D eigenvalue weighted by Crippen LogP contribution is 2.40. The van der Waals surface area contributed by atoms with Crippen molar-refractivity contribution in [1.29, 1.82) is 0 Å². The van der Waals surface area contributed by atoms with E-state index >= 15 is 0 Å². The normalized spacial score (nSPS) is 19.7. The summed E-state index contributed by atoms with van der Waals surface area (Å²) in [5, 5.41) is 3.00. The number of carbonyl (C=O) groups excluding carboxylic acids is 3. The molecular weight excluding hydrogens is 440 g/mol. The standard InChI is InChI=1S/C28H34N4O3/c1-2-20-10-4-5-11-22(20)29-26(33)19-32-25-18-21(27(34)30-15-7-3-8-16-30)13-14-23(25)31-17-9-6-12-24(31)28(32)35/h4-5,10-11,13-14,18,24H,2-3,6-9,12,15-17,19H2,1H3,(H,29,33)/t24-/m0/s1. The van der Waals surface area contributed by atoms with Gasteiger partial charge >= 0.3 is 0 Å². The second-order valence-electron chi connectivity index (χ2n) is 9.74. The lowest BCUT2D eigenvalue weighted by Crippen LogP contribution is -2.56. The molecular formula is C28H34N4O3. The largest absolute Gasteiger partial charge is 0.358 e. The Morgan fingerprint density at radius 3 is 2.51 bits per heavy atom. The second kappa shape index (κ2) is 10.1. The summed E-state index contributed by atoms with van der Waals surface area (Å²) in [4.78, 5) is 45.6. The molecule has 184 valence electrons. The molecule has 5 rings (SSSR count). The molecule has 2 saturated heterocycles. The van der Waals surface area contributed by atoms with E-state index in [4.69, 9.17) is 0 Å². The number of hydrogen-bond acceptors (Lipinski definition) is 4. The van der Waals surface area contributed by atoms with Crippen LogP contribution in [0.25, 0.3) is 0 Å². The Morgan fingerprint density at radius 1 is 0.943 bits per heavy atom. The van der Waals surface area contributed by atoms with Crippen molar-refractivity contribution < 1.29 is 14.4 Å². The van der Waals surface area contributed by atoms with E-state index in [0.29, 0.717) is 11.3 Å². The average Bonchev–Trinajstić information content (AvgIpc) is 2.91. The van der Waals surface area contributed by atoms with Gasteiger partial charge in [0.2, 0.25) is 11.8 Å². The van der Waals surface area contributed by atoms with E-state index < -0.39 is 0 Å². The van der Waals surface area contributed by atoms with Gasteiger partial charge < -0.3 is 15.1 Å². The van der Waals surface area contributed by atoms with Crippen molar-refractivity contribution in [1.82, 2.24) is 4.90 Å². The highest BCUT2D eigenvalue weighted by atomic mass is 16.2. The predicted octanol–water partition coefficient (Wildman–Crippen LogP) is 4.22. The fourth-order valence-electron chi connectivity index (χ4n) is 5.62. The summed E-state index contributed by atoms with van der Waals surface area (Å²) in [6.07, 6.45) is 6.82. The SMILES string of the molecule is CCc1ccccc1NC(=O)CN1C(=O)[C@@H]2CCCCN2c2ccc(C(=O)N3CCCCC3)cc21. The third-order valence-corrected chi connectivity index (χ3v) is 7.49. The third-order valence-electron chi connectivity index (χ3n) is 7.49. The Bertz CT molecular complexity index is 1120. The monoisotopic (exact) mass is 474 g/mol. The minimum absolute atomic E-state index is 0.00184. The minimum atomic E-state index is -0.254. The number of nitrogens with zero attached hydrogens (tertiary/aromatic N) is 3. The number of amides is 3. The summed E-state index contributed by atoms with van der Waals surface area (Å²) in [5.41, 5.74) is 4.01. The van der Waals surface area contributed by atoms with Crippen LogP contribution in [0.1, 0.15) is 61.4 Å². The maximum atomic E-state index is 13.6. The Balaban J connectivity index is 1.45. The number of aryl methyl sites for hydroxylation is 1. The van der Waals surface area contributed by atoms with Crippen LogP contribution in [0.15, 0.2) is 42.5 Å². The Morgan fingerprint density at radius 2 is 1.71 bits per heavy atom. The number of carbonyl (C=O) groups is 3. The number of anilines is 3. The lowest BCUT2D eigenvalue weighted by Gasteiger charge is -2.45. The number of likely N-dealkylation sites (tertiary alicyclic amines) is 1. The molecule has 3 amide bonds. The van der Waals surface area contributed by atoms with Gasteiger partial charge in [0, 0.05) is 30.9 Å². The van der Waals surface area contributed by atoms with Crippen molar-refractivity contribution in [3.63, 3.8) is 0 Å². The van der Waals surface area contributed by atoms with E-state index in [1.165, 1.54) is 0 Å². The quantitative estimate of drug-likeness (QED) is 0.704. The molecule has 1 atom stereocenters. The molecule has 3 heterocycles. The van der Waals surface area contributed by atoms with Gasteiger partial charge in [-0.05, 0) is 74.8 Å². The number of hydrogen-bond donors (Lipinski definition) is 1. The summed E-state index contributed by atoms with van der Waals surface area (Å²) >= 11 is 0. The molecule has 1 N–H and O–H groups in total. The van der Waals surface area contributed by atoms with E-state index in [-0.39, 0.29) is 30.3 Å². The summed E-state index contributed by atoms with van der Waals surface area (Å²) in [5.74, 6) is -0.289. The molecule has 2 aromatic rings. The molecule has 2 fully saturated rings. The number of fused-ring (bicyclic) bond motifs is 3. The lowest BCUT2D eigenvalue weighted by molar-refractivity contribution is -0.123. The third kappa shape index (κ3) is 4.64. The predicted molar refractivity (Wildman–Crippen MR) is 138 cm³/mol. The fourth-order valence-corrected chi connectivity index (χ4v) is 5.62. The minimum Gasteiger partial charge on any atom is -0.358 e. The number of para-hydroxylation sites is 1. The van der Waals surface area contributed by atoms with Crippen LogP contribution in [0.5, 0.6) is 0 Å². The van der Waals surface area contributed by atoms with E-state index in [1.807, 2.05) is 54.3 Å². The van der Waals surface area contributed by atoms with Gasteiger partial charge in [-0.15, -0.1) is 0 Å². The van der Waals surface area contributed by atoms with Gasteiger partial charge in [0.25, 0.3) is 5.91 Å². The smallest absolute Gasteiger partial charge is 0.253 e. The zero-order valence-corrected chi connectivity index (χ0v) is 20.5. The van der Waals surface area contributed by atoms with E-state index in [0.717, 1.165) is 81.5 Å². The van der Waals surface area contributed by atoms with Gasteiger partial charge in [0.15, 0.2) is 0 Å². The van der Waals surface area contributed by atoms with Crippen molar-refractivity contribution >= 4 is 34.8 Å². The van der Waals surface area contributed by atoms with Gasteiger partial charge in [-0.2, -0.15) is 0 Å². The highest BCUT2D eigenvalue weighted by molar-refractivity contribution is 6.11. The molecule has 0 aromatic heterocycles. The van der Waals surface area contributed by atoms with Crippen LogP contribution in [0.3, 0.4) is 0 Å². The van der Waals surface area contributed by atoms with Gasteiger partial charge in [-0.25, -0.2) is 0 Å². The topological polar surface area (TPSA) is 73.0 Å². The average molecular weight is 475 g/mol. The van der Waals surface area contributed by atoms with Crippen LogP contribution in [0.4, 0.5) is 17.1 Å². The van der Waals surface area contributed by atoms with Gasteiger partial charge in [-0.1, -0.05) is 25.1 Å². The van der Waals surface area contributed by atoms with E-state index in [9.17, 15) is 14.4 Å². The Kier molecular flexibility index (Phi) is 6.75. The zero-order valence-electron chi connectivity index (χ0n) is 20.5. The number of piperidine rings is 2. The first kappa shape index (κ1) is 23.4. The van der Waals surface area contributed by atoms with E-state index in [1.54, 1.807) is 4.90 Å². The number of nitrogens with one attached hydrogen (secondary N) is 1. The highest BCUT2D eigenvalue weighted by Gasteiger charge is 2.40. The number of rotatable bonds is 5. The molecule has 0 unspecified atom stereocenters. The van der Waals surface area contributed by atoms with Crippen molar-refractivity contribution in [2.75, 3.05) is 41.3 Å². The van der Waals surface area contributed by atoms with Gasteiger partial charge in [0.1, 0.15) is 12.6 Å². The molecule has 2 aromatic carbocycles. The van der Waals surface area contributed by atoms with Crippen molar-refractivity contribution in [3.8, 4) is 0 Å². The molecule has 35 heavy (non-hydrogen) atoms. The molecule has 7 heteroatoms. The maximum Gasteiger partial charge on any atom is 0.253 e. The first-order valence-electron chi connectivity index (χ1n) is 13.0. The molecule has 0 saturated carbocycles. The van der Waals surface area contributed by atoms with Crippen molar-refractivity contribution in [2.45, 2.75) is 57.9 Å². The molecule has 7 nitrogen and oxygen atoms in total. The summed E-state index contributed by atoms with van der Waals surface area (Å²) in [7, 11) is 0. The summed E-state index contributed by atoms with van der Waals surface area (Å²) in [6, 6.07) is 13.2. The van der Waals surface area contributed by atoms with Crippen LogP contribution in [0.2, 0.25) is 0 Å². The van der Waals surface area contributed by atoms with Gasteiger partial charge in [-0.3, -0.25) is 19.3 Å². The second-order valence-corrected chi connectivity index (χ2v) is 9.74. The molecule has 0 spiro atoms. The lowest BCUT2D eigenvalue weighted by atomic mass is 9.95. The molecule has 0 bridgehead atoms. The van der Waals surface area contributed by atoms with Gasteiger partial charge in [0.05, 0.1) is 11.4 Å². The van der Waals surface area contributed by atoms with E-state index in [2.05, 4.69) is 10.2 Å². The van der Waals surface area contributed by atoms with Crippen molar-refractivity contribution in [3.05, 3.63) is 53.6 Å². The van der Waals surface area contributed by atoms with Crippen molar-refractivity contribution in [2.24, 2.45) is 0 Å². The fraction of sp³-hybridized carbons (Fsp3) is 0.464. The molecule has 3 aliphatic heterocycles. The zero-order chi connectivity index (χ0) is 24.4. The molecule has 0 radical (unpaired) electrons. The first-order chi connectivity index (χ1) is 17.1. The van der Waals surface area contributed by atoms with Crippen LogP contribution >= 0.6 is 0 Å². The van der Waals surface area contributed by atoms with Crippen LogP contribution in [-0.4, -0.2) is 54.8 Å². The molecule has 3 aliphatic rings.